The van der Waals surface area contributed by atoms with Crippen molar-refractivity contribution >= 4 is 0 Å². The second-order valence-corrected chi connectivity index (χ2v) is 6.72. The third-order valence-electron chi connectivity index (χ3n) is 5.09. The SMILES string of the molecule is NC1(c2noc(C3CCCCCCC3)n2)CCCCC1. The Morgan fingerprint density at radius 1 is 0.900 bits per heavy atom. The van der Waals surface area contributed by atoms with E-state index in [1.807, 2.05) is 0 Å². The van der Waals surface area contributed by atoms with E-state index in [1.54, 1.807) is 0 Å². The predicted octanol–water partition coefficient (Wildman–Crippen LogP) is 4.02. The van der Waals surface area contributed by atoms with E-state index in [-0.39, 0.29) is 5.54 Å². The van der Waals surface area contributed by atoms with Crippen molar-refractivity contribution in [2.24, 2.45) is 5.73 Å². The van der Waals surface area contributed by atoms with E-state index in [9.17, 15) is 0 Å². The van der Waals surface area contributed by atoms with Gasteiger partial charge in [-0.3, -0.25) is 0 Å². The maximum Gasteiger partial charge on any atom is 0.229 e. The topological polar surface area (TPSA) is 64.9 Å². The number of rotatable bonds is 2. The van der Waals surface area contributed by atoms with Crippen molar-refractivity contribution in [3.63, 3.8) is 0 Å². The molecule has 0 atom stereocenters. The molecule has 2 aliphatic rings. The normalized spacial score (nSPS) is 25.1. The molecule has 0 bridgehead atoms. The number of hydrogen-bond donors (Lipinski definition) is 1. The van der Waals surface area contributed by atoms with Gasteiger partial charge in [-0.05, 0) is 25.7 Å². The molecule has 1 aromatic heterocycles. The number of nitrogens with zero attached hydrogens (tertiary/aromatic N) is 2. The van der Waals surface area contributed by atoms with Crippen molar-refractivity contribution < 1.29 is 4.52 Å². The summed E-state index contributed by atoms with van der Waals surface area (Å²) in [4.78, 5) is 4.70. The van der Waals surface area contributed by atoms with Gasteiger partial charge in [-0.15, -0.1) is 0 Å². The monoisotopic (exact) mass is 277 g/mol. The highest BCUT2D eigenvalue weighted by Crippen LogP contribution is 2.35. The van der Waals surface area contributed by atoms with Crippen LogP contribution >= 0.6 is 0 Å². The molecule has 0 radical (unpaired) electrons. The van der Waals surface area contributed by atoms with Gasteiger partial charge >= 0.3 is 0 Å². The minimum absolute atomic E-state index is 0.332. The molecular weight excluding hydrogens is 250 g/mol. The number of hydrogen-bond acceptors (Lipinski definition) is 4. The first-order valence-corrected chi connectivity index (χ1v) is 8.41. The lowest BCUT2D eigenvalue weighted by molar-refractivity contribution is 0.270. The van der Waals surface area contributed by atoms with Gasteiger partial charge in [0.25, 0.3) is 0 Å². The summed E-state index contributed by atoms with van der Waals surface area (Å²) in [5, 5.41) is 4.23. The third kappa shape index (κ3) is 3.05. The van der Waals surface area contributed by atoms with Gasteiger partial charge in [0.15, 0.2) is 5.82 Å². The van der Waals surface area contributed by atoms with E-state index in [0.717, 1.165) is 24.6 Å². The highest BCUT2D eigenvalue weighted by atomic mass is 16.5. The van der Waals surface area contributed by atoms with Crippen LogP contribution in [0.3, 0.4) is 0 Å². The second-order valence-electron chi connectivity index (χ2n) is 6.72. The van der Waals surface area contributed by atoms with E-state index in [4.69, 9.17) is 15.2 Å². The van der Waals surface area contributed by atoms with Crippen molar-refractivity contribution in [3.05, 3.63) is 11.7 Å². The van der Waals surface area contributed by atoms with Crippen LogP contribution in [-0.2, 0) is 5.54 Å². The maximum atomic E-state index is 6.49. The molecule has 112 valence electrons. The number of aromatic nitrogens is 2. The first kappa shape index (κ1) is 14.1. The van der Waals surface area contributed by atoms with Gasteiger partial charge in [-0.25, -0.2) is 0 Å². The van der Waals surface area contributed by atoms with Crippen LogP contribution < -0.4 is 5.73 Å². The molecule has 0 aliphatic heterocycles. The van der Waals surface area contributed by atoms with Crippen molar-refractivity contribution in [2.75, 3.05) is 0 Å². The standard InChI is InChI=1S/C16H27N3O/c17-16(11-7-4-8-12-16)15-18-14(20-19-15)13-9-5-2-1-3-6-10-13/h13H,1-12,17H2. The Morgan fingerprint density at radius 2 is 1.50 bits per heavy atom. The van der Waals surface area contributed by atoms with Crippen LogP contribution in [0.5, 0.6) is 0 Å². The predicted molar refractivity (Wildman–Crippen MR) is 78.3 cm³/mol. The van der Waals surface area contributed by atoms with Crippen molar-refractivity contribution in [2.45, 2.75) is 88.5 Å². The minimum Gasteiger partial charge on any atom is -0.339 e. The molecule has 3 rings (SSSR count). The Morgan fingerprint density at radius 3 is 2.20 bits per heavy atom. The van der Waals surface area contributed by atoms with Gasteiger partial charge in [-0.2, -0.15) is 4.98 Å². The highest BCUT2D eigenvalue weighted by molar-refractivity contribution is 5.07. The molecule has 2 saturated carbocycles. The Hall–Kier alpha value is -0.900. The van der Waals surface area contributed by atoms with Gasteiger partial charge < -0.3 is 10.3 Å². The molecule has 0 unspecified atom stereocenters. The van der Waals surface area contributed by atoms with Crippen molar-refractivity contribution in [1.29, 1.82) is 0 Å². The first-order valence-electron chi connectivity index (χ1n) is 8.41. The Labute approximate surface area is 121 Å². The summed E-state index contributed by atoms with van der Waals surface area (Å²) in [5.74, 6) is 2.07. The smallest absolute Gasteiger partial charge is 0.229 e. The Balaban J connectivity index is 1.71. The molecule has 1 aromatic rings. The fraction of sp³-hybridized carbons (Fsp3) is 0.875. The molecule has 2 N–H and O–H groups in total. The van der Waals surface area contributed by atoms with E-state index in [1.165, 1.54) is 64.2 Å². The van der Waals surface area contributed by atoms with Crippen LogP contribution in [0.4, 0.5) is 0 Å². The highest BCUT2D eigenvalue weighted by Gasteiger charge is 2.35. The molecule has 20 heavy (non-hydrogen) atoms. The first-order chi connectivity index (χ1) is 9.78. The quantitative estimate of drug-likeness (QED) is 0.886. The van der Waals surface area contributed by atoms with Gasteiger partial charge in [0.1, 0.15) is 0 Å². The minimum atomic E-state index is -0.332. The van der Waals surface area contributed by atoms with Gasteiger partial charge in [0.2, 0.25) is 5.89 Å². The summed E-state index contributed by atoms with van der Waals surface area (Å²) < 4.78 is 5.58. The zero-order chi connectivity index (χ0) is 13.8. The molecule has 0 saturated heterocycles. The van der Waals surface area contributed by atoms with E-state index >= 15 is 0 Å². The van der Waals surface area contributed by atoms with E-state index < -0.39 is 0 Å². The van der Waals surface area contributed by atoms with Gasteiger partial charge in [0.05, 0.1) is 5.54 Å². The van der Waals surface area contributed by atoms with Crippen molar-refractivity contribution in [1.82, 2.24) is 10.1 Å². The molecule has 0 amide bonds. The second kappa shape index (κ2) is 6.25. The molecule has 2 fully saturated rings. The lowest BCUT2D eigenvalue weighted by atomic mass is 9.82. The fourth-order valence-electron chi connectivity index (χ4n) is 3.71. The van der Waals surface area contributed by atoms with Crippen LogP contribution in [0, 0.1) is 0 Å². The van der Waals surface area contributed by atoms with Crippen LogP contribution in [0.1, 0.15) is 94.7 Å². The molecule has 4 nitrogen and oxygen atoms in total. The maximum absolute atomic E-state index is 6.49. The molecular formula is C16H27N3O. The number of nitrogens with two attached hydrogens (primary N) is 1. The van der Waals surface area contributed by atoms with Crippen LogP contribution in [0.15, 0.2) is 4.52 Å². The zero-order valence-electron chi connectivity index (χ0n) is 12.4. The fourth-order valence-corrected chi connectivity index (χ4v) is 3.71. The summed E-state index contributed by atoms with van der Waals surface area (Å²) in [7, 11) is 0. The molecule has 0 aromatic carbocycles. The van der Waals surface area contributed by atoms with Gasteiger partial charge in [-0.1, -0.05) is 56.5 Å². The van der Waals surface area contributed by atoms with Crippen molar-refractivity contribution in [3.8, 4) is 0 Å². The summed E-state index contributed by atoms with van der Waals surface area (Å²) in [6, 6.07) is 0. The van der Waals surface area contributed by atoms with Crippen LogP contribution in [-0.4, -0.2) is 10.1 Å². The molecule has 4 heteroatoms. The zero-order valence-corrected chi connectivity index (χ0v) is 12.4. The van der Waals surface area contributed by atoms with E-state index in [0.29, 0.717) is 5.92 Å². The average Bonchev–Trinajstić information content (AvgIpc) is 2.89. The molecule has 1 heterocycles. The summed E-state index contributed by atoms with van der Waals surface area (Å²) in [6.45, 7) is 0. The third-order valence-corrected chi connectivity index (χ3v) is 5.09. The summed E-state index contributed by atoms with van der Waals surface area (Å²) in [5.41, 5.74) is 6.16. The lowest BCUT2D eigenvalue weighted by Crippen LogP contribution is -2.39. The lowest BCUT2D eigenvalue weighted by Gasteiger charge is -2.29. The molecule has 2 aliphatic carbocycles. The average molecular weight is 277 g/mol. The van der Waals surface area contributed by atoms with Crippen LogP contribution in [0.2, 0.25) is 0 Å². The molecule has 0 spiro atoms. The Kier molecular flexibility index (Phi) is 4.39. The van der Waals surface area contributed by atoms with Gasteiger partial charge in [0, 0.05) is 5.92 Å². The Bertz CT molecular complexity index is 415. The van der Waals surface area contributed by atoms with E-state index in [2.05, 4.69) is 5.16 Å². The largest absolute Gasteiger partial charge is 0.339 e. The summed E-state index contributed by atoms with van der Waals surface area (Å²) in [6.07, 6.45) is 14.7. The summed E-state index contributed by atoms with van der Waals surface area (Å²) >= 11 is 0. The van der Waals surface area contributed by atoms with Crippen LogP contribution in [0.25, 0.3) is 0 Å².